The lowest BCUT2D eigenvalue weighted by Crippen LogP contribution is -2.56. The number of ether oxygens (including phenoxy) is 3. The third kappa shape index (κ3) is 6.93. The highest BCUT2D eigenvalue weighted by molar-refractivity contribution is 5.80. The number of aliphatic hydroxyl groups excluding tert-OH is 1. The molecular weight excluding hydrogens is 633 g/mol. The molecule has 254 valence electrons. The number of likely N-dealkylation sites (tertiary alicyclic amines) is 1. The fraction of sp³-hybridized carbons (Fsp3) is 0.469. The standard InChI is InChI=1S/C32H35F3N8O5/c1-19(44)30(45)43-8-7-26(32(34,35)18-43)48-25-5-3-20(13-21(25)14-36)28-23(33)15-37-31(40-28)39-27-6-4-24(29(38-27)46-2)42-11-9-41(10-12-42)22-16-47-17-22/h3-6,13,15,19,22,26,44H,7-12,16-18H2,1-2H3,(H,37,38,39,40)/t19-,26?/m0/s1. The molecule has 0 aliphatic carbocycles. The van der Waals surface area contributed by atoms with Crippen LogP contribution in [0.4, 0.5) is 30.6 Å². The number of halogens is 3. The molecular formula is C32H35F3N8O5. The molecule has 16 heteroatoms. The second kappa shape index (κ2) is 13.8. The molecule has 3 saturated heterocycles. The van der Waals surface area contributed by atoms with Gasteiger partial charge in [0.1, 0.15) is 35.1 Å². The van der Waals surface area contributed by atoms with Gasteiger partial charge in [-0.25, -0.2) is 23.1 Å². The van der Waals surface area contributed by atoms with E-state index in [2.05, 4.69) is 30.1 Å². The number of piperazine rings is 1. The fourth-order valence-electron chi connectivity index (χ4n) is 5.94. The van der Waals surface area contributed by atoms with Crippen LogP contribution < -0.4 is 19.7 Å². The Morgan fingerprint density at radius 2 is 1.94 bits per heavy atom. The van der Waals surface area contributed by atoms with Crippen molar-refractivity contribution in [3.63, 3.8) is 0 Å². The largest absolute Gasteiger partial charge is 0.483 e. The topological polar surface area (TPSA) is 149 Å². The molecule has 2 atom stereocenters. The average Bonchev–Trinajstić information content (AvgIpc) is 3.05. The highest BCUT2D eigenvalue weighted by Gasteiger charge is 2.48. The highest BCUT2D eigenvalue weighted by atomic mass is 19.3. The average molecular weight is 669 g/mol. The first-order chi connectivity index (χ1) is 23.1. The van der Waals surface area contributed by atoms with E-state index in [1.165, 1.54) is 32.2 Å². The number of aromatic nitrogens is 3. The van der Waals surface area contributed by atoms with Crippen LogP contribution in [0.1, 0.15) is 18.9 Å². The first-order valence-electron chi connectivity index (χ1n) is 15.5. The Labute approximate surface area is 274 Å². The number of amides is 1. The zero-order valence-electron chi connectivity index (χ0n) is 26.4. The van der Waals surface area contributed by atoms with E-state index in [1.807, 2.05) is 12.1 Å². The van der Waals surface area contributed by atoms with Crippen LogP contribution in [0, 0.1) is 17.1 Å². The Hall–Kier alpha value is -4.72. The molecule has 3 aromatic rings. The summed E-state index contributed by atoms with van der Waals surface area (Å²) in [4.78, 5) is 30.4. The van der Waals surface area contributed by atoms with E-state index in [0.717, 1.165) is 56.2 Å². The maximum Gasteiger partial charge on any atom is 0.301 e. The molecule has 5 heterocycles. The number of carbonyl (C=O) groups excluding carboxylic acids is 1. The summed E-state index contributed by atoms with van der Waals surface area (Å²) in [5.41, 5.74) is 0.793. The number of benzene rings is 1. The van der Waals surface area contributed by atoms with Gasteiger partial charge < -0.3 is 34.4 Å². The van der Waals surface area contributed by atoms with Crippen LogP contribution >= 0.6 is 0 Å². The lowest BCUT2D eigenvalue weighted by molar-refractivity contribution is -0.165. The number of pyridine rings is 1. The number of carbonyl (C=O) groups is 1. The number of nitrogens with zero attached hydrogens (tertiary/aromatic N) is 7. The Balaban J connectivity index is 1.15. The van der Waals surface area contributed by atoms with Crippen molar-refractivity contribution < 1.29 is 37.3 Å². The Morgan fingerprint density at radius 3 is 2.58 bits per heavy atom. The van der Waals surface area contributed by atoms with E-state index in [9.17, 15) is 28.3 Å². The third-order valence-electron chi connectivity index (χ3n) is 8.66. The van der Waals surface area contributed by atoms with Crippen LogP contribution in [0.25, 0.3) is 11.3 Å². The fourth-order valence-corrected chi connectivity index (χ4v) is 5.94. The van der Waals surface area contributed by atoms with Gasteiger partial charge in [-0.05, 0) is 37.3 Å². The van der Waals surface area contributed by atoms with Gasteiger partial charge in [0, 0.05) is 44.7 Å². The summed E-state index contributed by atoms with van der Waals surface area (Å²) in [6.07, 6.45) is -2.27. The van der Waals surface area contributed by atoms with Gasteiger partial charge >= 0.3 is 5.92 Å². The summed E-state index contributed by atoms with van der Waals surface area (Å²) in [7, 11) is 1.53. The summed E-state index contributed by atoms with van der Waals surface area (Å²) in [5, 5.41) is 22.3. The molecule has 2 aromatic heterocycles. The van der Waals surface area contributed by atoms with Crippen molar-refractivity contribution in [2.75, 3.05) is 69.8 Å². The van der Waals surface area contributed by atoms with Crippen molar-refractivity contribution in [1.29, 1.82) is 5.26 Å². The van der Waals surface area contributed by atoms with E-state index in [0.29, 0.717) is 17.7 Å². The molecule has 1 unspecified atom stereocenters. The number of hydrogen-bond donors (Lipinski definition) is 2. The van der Waals surface area contributed by atoms with Gasteiger partial charge in [0.2, 0.25) is 11.8 Å². The molecule has 0 bridgehead atoms. The molecule has 0 spiro atoms. The Kier molecular flexibility index (Phi) is 9.54. The number of nitrogens with one attached hydrogen (secondary N) is 1. The molecule has 48 heavy (non-hydrogen) atoms. The van der Waals surface area contributed by atoms with E-state index in [-0.39, 0.29) is 41.5 Å². The molecule has 13 nitrogen and oxygen atoms in total. The Bertz CT molecular complexity index is 1690. The maximum absolute atomic E-state index is 15.0. The van der Waals surface area contributed by atoms with Gasteiger partial charge in [-0.2, -0.15) is 10.2 Å². The van der Waals surface area contributed by atoms with Crippen molar-refractivity contribution in [2.24, 2.45) is 0 Å². The van der Waals surface area contributed by atoms with Crippen LogP contribution in [0.2, 0.25) is 0 Å². The van der Waals surface area contributed by atoms with E-state index in [4.69, 9.17) is 14.2 Å². The van der Waals surface area contributed by atoms with Crippen LogP contribution in [-0.4, -0.2) is 120 Å². The number of nitriles is 1. The van der Waals surface area contributed by atoms with Crippen LogP contribution in [0.15, 0.2) is 36.5 Å². The predicted octanol–water partition coefficient (Wildman–Crippen LogP) is 2.82. The monoisotopic (exact) mass is 668 g/mol. The van der Waals surface area contributed by atoms with Crippen LogP contribution in [-0.2, 0) is 9.53 Å². The molecule has 3 aliphatic heterocycles. The summed E-state index contributed by atoms with van der Waals surface area (Å²) in [6, 6.07) is 10.0. The lowest BCUT2D eigenvalue weighted by atomic mass is 10.0. The molecule has 0 radical (unpaired) electrons. The minimum atomic E-state index is -3.44. The normalized spacial score (nSPS) is 20.4. The number of rotatable bonds is 9. The van der Waals surface area contributed by atoms with Gasteiger partial charge in [-0.3, -0.25) is 9.69 Å². The van der Waals surface area contributed by atoms with Gasteiger partial charge in [-0.15, -0.1) is 0 Å². The second-order valence-corrected chi connectivity index (χ2v) is 11.9. The quantitative estimate of drug-likeness (QED) is 0.345. The first-order valence-corrected chi connectivity index (χ1v) is 15.5. The van der Waals surface area contributed by atoms with Crippen molar-refractivity contribution in [3.8, 4) is 29.0 Å². The molecule has 0 saturated carbocycles. The number of aliphatic hydroxyl groups is 1. The summed E-state index contributed by atoms with van der Waals surface area (Å²) in [6.45, 7) is 5.21. The summed E-state index contributed by atoms with van der Waals surface area (Å²) < 4.78 is 61.3. The van der Waals surface area contributed by atoms with Gasteiger partial charge in [-0.1, -0.05) is 0 Å². The van der Waals surface area contributed by atoms with E-state index >= 15 is 0 Å². The molecule has 2 N–H and O–H groups in total. The third-order valence-corrected chi connectivity index (χ3v) is 8.66. The molecule has 1 aromatic carbocycles. The zero-order valence-corrected chi connectivity index (χ0v) is 26.4. The number of anilines is 3. The second-order valence-electron chi connectivity index (χ2n) is 11.9. The molecule has 3 aliphatic rings. The van der Waals surface area contributed by atoms with Crippen molar-refractivity contribution in [3.05, 3.63) is 47.9 Å². The van der Waals surface area contributed by atoms with Gasteiger partial charge in [0.15, 0.2) is 11.9 Å². The van der Waals surface area contributed by atoms with Crippen LogP contribution in [0.3, 0.4) is 0 Å². The maximum atomic E-state index is 15.0. The van der Waals surface area contributed by atoms with Crippen molar-refractivity contribution in [2.45, 2.75) is 37.5 Å². The lowest BCUT2D eigenvalue weighted by Gasteiger charge is -2.43. The first kappa shape index (κ1) is 33.2. The summed E-state index contributed by atoms with van der Waals surface area (Å²) in [5.74, 6) is -4.33. The zero-order chi connectivity index (χ0) is 34.0. The molecule has 6 rings (SSSR count). The van der Waals surface area contributed by atoms with Gasteiger partial charge in [0.05, 0.1) is 44.7 Å². The predicted molar refractivity (Wildman–Crippen MR) is 167 cm³/mol. The molecule has 3 fully saturated rings. The molecule has 1 amide bonds. The van der Waals surface area contributed by atoms with E-state index in [1.54, 1.807) is 6.07 Å². The van der Waals surface area contributed by atoms with Crippen molar-refractivity contribution in [1.82, 2.24) is 24.8 Å². The summed E-state index contributed by atoms with van der Waals surface area (Å²) >= 11 is 0. The van der Waals surface area contributed by atoms with Crippen LogP contribution in [0.5, 0.6) is 11.6 Å². The smallest absolute Gasteiger partial charge is 0.301 e. The number of alkyl halides is 2. The van der Waals surface area contributed by atoms with Crippen molar-refractivity contribution >= 4 is 23.4 Å². The number of piperidine rings is 1. The number of methoxy groups -OCH3 is 1. The van der Waals surface area contributed by atoms with E-state index < -0.39 is 36.4 Å². The SMILES string of the molecule is COc1nc(Nc2ncc(F)c(-c3ccc(OC4CCN(C(=O)[C@H](C)O)CC4(F)F)c(C#N)c3)n2)ccc1N1CCN(C2COC2)CC1. The minimum absolute atomic E-state index is 0.0296. The highest BCUT2D eigenvalue weighted by Crippen LogP contribution is 2.35. The van der Waals surface area contributed by atoms with Gasteiger partial charge in [0.25, 0.3) is 5.91 Å². The number of hydrogen-bond acceptors (Lipinski definition) is 12. The Morgan fingerprint density at radius 1 is 1.17 bits per heavy atom. The minimum Gasteiger partial charge on any atom is -0.483 e.